The van der Waals surface area contributed by atoms with Gasteiger partial charge in [0.1, 0.15) is 12.0 Å². The first-order chi connectivity index (χ1) is 8.26. The zero-order valence-corrected chi connectivity index (χ0v) is 10.3. The summed E-state index contributed by atoms with van der Waals surface area (Å²) in [4.78, 5) is 14.3. The van der Waals surface area contributed by atoms with Crippen LogP contribution in [0.25, 0.3) is 0 Å². The van der Waals surface area contributed by atoms with Crippen LogP contribution in [-0.2, 0) is 6.54 Å². The Labute approximate surface area is 102 Å². The van der Waals surface area contributed by atoms with E-state index in [4.69, 9.17) is 10.2 Å². The summed E-state index contributed by atoms with van der Waals surface area (Å²) in [6.07, 6.45) is 5.98. The number of rotatable bonds is 3. The molecule has 4 nitrogen and oxygen atoms in total. The molecule has 1 aliphatic rings. The molecular formula is C13H20N2O2. The molecule has 0 aliphatic carbocycles. The van der Waals surface area contributed by atoms with E-state index < -0.39 is 0 Å². The molecule has 1 aromatic heterocycles. The summed E-state index contributed by atoms with van der Waals surface area (Å²) in [6.45, 7) is 3.34. The van der Waals surface area contributed by atoms with Crippen LogP contribution in [0, 0.1) is 0 Å². The monoisotopic (exact) mass is 236 g/mol. The molecule has 2 heterocycles. The maximum absolute atomic E-state index is 12.3. The van der Waals surface area contributed by atoms with E-state index in [0.29, 0.717) is 23.9 Å². The van der Waals surface area contributed by atoms with E-state index in [1.165, 1.54) is 12.7 Å². The molecule has 94 valence electrons. The second-order valence-corrected chi connectivity index (χ2v) is 4.56. The van der Waals surface area contributed by atoms with Crippen LogP contribution in [0.3, 0.4) is 0 Å². The molecule has 1 amide bonds. The van der Waals surface area contributed by atoms with Gasteiger partial charge in [-0.3, -0.25) is 4.79 Å². The van der Waals surface area contributed by atoms with E-state index in [0.717, 1.165) is 25.8 Å². The van der Waals surface area contributed by atoms with Crippen molar-refractivity contribution in [3.8, 4) is 0 Å². The molecular weight excluding hydrogens is 216 g/mol. The van der Waals surface area contributed by atoms with Gasteiger partial charge in [-0.25, -0.2) is 0 Å². The Hall–Kier alpha value is -1.29. The van der Waals surface area contributed by atoms with Crippen molar-refractivity contribution in [3.05, 3.63) is 23.7 Å². The van der Waals surface area contributed by atoms with Gasteiger partial charge < -0.3 is 15.1 Å². The quantitative estimate of drug-likeness (QED) is 0.874. The lowest BCUT2D eigenvalue weighted by atomic mass is 9.99. The van der Waals surface area contributed by atoms with Crippen LogP contribution in [0.1, 0.15) is 48.7 Å². The highest BCUT2D eigenvalue weighted by Crippen LogP contribution is 2.22. The van der Waals surface area contributed by atoms with Crippen LogP contribution in [0.2, 0.25) is 0 Å². The van der Waals surface area contributed by atoms with Gasteiger partial charge in [0.15, 0.2) is 0 Å². The van der Waals surface area contributed by atoms with Gasteiger partial charge in [-0.2, -0.15) is 0 Å². The second-order valence-electron chi connectivity index (χ2n) is 4.56. The van der Waals surface area contributed by atoms with E-state index in [1.807, 2.05) is 4.90 Å². The minimum absolute atomic E-state index is 0.0833. The van der Waals surface area contributed by atoms with Crippen molar-refractivity contribution in [2.75, 3.05) is 6.54 Å². The molecule has 0 saturated carbocycles. The van der Waals surface area contributed by atoms with Crippen LogP contribution in [-0.4, -0.2) is 23.4 Å². The molecule has 0 radical (unpaired) electrons. The number of hydrogen-bond acceptors (Lipinski definition) is 3. The molecule has 1 aliphatic heterocycles. The first-order valence-electron chi connectivity index (χ1n) is 6.34. The predicted molar refractivity (Wildman–Crippen MR) is 65.6 cm³/mol. The average Bonchev–Trinajstić information content (AvgIpc) is 2.86. The van der Waals surface area contributed by atoms with Gasteiger partial charge in [0.25, 0.3) is 5.91 Å². The molecule has 0 spiro atoms. The van der Waals surface area contributed by atoms with Crippen molar-refractivity contribution in [2.45, 2.75) is 45.2 Å². The third-order valence-electron chi connectivity index (χ3n) is 3.46. The number of carbonyl (C=O) groups excluding carboxylic acids is 1. The number of nitrogens with zero attached hydrogens (tertiary/aromatic N) is 1. The standard InChI is InChI=1S/C13H20N2O2/c1-2-11-5-3-4-6-15(11)13(16)10-7-12(8-14)17-9-10/h7,9,11H,2-6,8,14H2,1H3. The summed E-state index contributed by atoms with van der Waals surface area (Å²) in [7, 11) is 0. The molecule has 2 N–H and O–H groups in total. The number of carbonyl (C=O) groups is 1. The van der Waals surface area contributed by atoms with Gasteiger partial charge in [-0.1, -0.05) is 6.92 Å². The fraction of sp³-hybridized carbons (Fsp3) is 0.615. The summed E-state index contributed by atoms with van der Waals surface area (Å²) >= 11 is 0. The lowest BCUT2D eigenvalue weighted by Crippen LogP contribution is -2.43. The minimum Gasteiger partial charge on any atom is -0.467 e. The maximum atomic E-state index is 12.3. The van der Waals surface area contributed by atoms with Crippen molar-refractivity contribution < 1.29 is 9.21 Å². The summed E-state index contributed by atoms with van der Waals surface area (Å²) in [6, 6.07) is 2.14. The number of nitrogens with two attached hydrogens (primary N) is 1. The molecule has 17 heavy (non-hydrogen) atoms. The van der Waals surface area contributed by atoms with Gasteiger partial charge in [-0.15, -0.1) is 0 Å². The summed E-state index contributed by atoms with van der Waals surface area (Å²) < 4.78 is 5.22. The summed E-state index contributed by atoms with van der Waals surface area (Å²) in [5.41, 5.74) is 6.11. The molecule has 0 aromatic carbocycles. The zero-order chi connectivity index (χ0) is 12.3. The van der Waals surface area contributed by atoms with Gasteiger partial charge in [0.2, 0.25) is 0 Å². The van der Waals surface area contributed by atoms with E-state index >= 15 is 0 Å². The third kappa shape index (κ3) is 2.52. The van der Waals surface area contributed by atoms with E-state index in [2.05, 4.69) is 6.92 Å². The Balaban J connectivity index is 2.12. The van der Waals surface area contributed by atoms with Gasteiger partial charge in [0.05, 0.1) is 12.1 Å². The van der Waals surface area contributed by atoms with Crippen molar-refractivity contribution in [1.82, 2.24) is 4.90 Å². The topological polar surface area (TPSA) is 59.5 Å². The van der Waals surface area contributed by atoms with Crippen molar-refractivity contribution in [3.63, 3.8) is 0 Å². The molecule has 1 aromatic rings. The normalized spacial score (nSPS) is 20.6. The number of hydrogen-bond donors (Lipinski definition) is 1. The van der Waals surface area contributed by atoms with Crippen molar-refractivity contribution in [2.24, 2.45) is 5.73 Å². The first-order valence-corrected chi connectivity index (χ1v) is 6.34. The molecule has 4 heteroatoms. The lowest BCUT2D eigenvalue weighted by Gasteiger charge is -2.35. The number of likely N-dealkylation sites (tertiary alicyclic amines) is 1. The largest absolute Gasteiger partial charge is 0.467 e. The molecule has 1 unspecified atom stereocenters. The molecule has 1 atom stereocenters. The van der Waals surface area contributed by atoms with E-state index in [-0.39, 0.29) is 5.91 Å². The number of furan rings is 1. The van der Waals surface area contributed by atoms with Crippen LogP contribution in [0.5, 0.6) is 0 Å². The van der Waals surface area contributed by atoms with Crippen LogP contribution in [0.15, 0.2) is 16.7 Å². The molecule has 1 saturated heterocycles. The molecule has 0 bridgehead atoms. The second kappa shape index (κ2) is 5.36. The van der Waals surface area contributed by atoms with Crippen molar-refractivity contribution in [1.29, 1.82) is 0 Å². The third-order valence-corrected chi connectivity index (χ3v) is 3.46. The van der Waals surface area contributed by atoms with Crippen LogP contribution >= 0.6 is 0 Å². The predicted octanol–water partition coefficient (Wildman–Crippen LogP) is 2.14. The molecule has 2 rings (SSSR count). The SMILES string of the molecule is CCC1CCCCN1C(=O)c1coc(CN)c1. The Bertz CT molecular complexity index is 387. The maximum Gasteiger partial charge on any atom is 0.257 e. The van der Waals surface area contributed by atoms with Gasteiger partial charge >= 0.3 is 0 Å². The zero-order valence-electron chi connectivity index (χ0n) is 10.3. The smallest absolute Gasteiger partial charge is 0.257 e. The lowest BCUT2D eigenvalue weighted by molar-refractivity contribution is 0.0607. The summed E-state index contributed by atoms with van der Waals surface area (Å²) in [5.74, 6) is 0.749. The highest BCUT2D eigenvalue weighted by molar-refractivity contribution is 5.94. The summed E-state index contributed by atoms with van der Waals surface area (Å²) in [5, 5.41) is 0. The highest BCUT2D eigenvalue weighted by atomic mass is 16.3. The molecule has 1 fully saturated rings. The number of amides is 1. The van der Waals surface area contributed by atoms with Gasteiger partial charge in [-0.05, 0) is 31.7 Å². The Morgan fingerprint density at radius 3 is 3.06 bits per heavy atom. The highest BCUT2D eigenvalue weighted by Gasteiger charge is 2.26. The van der Waals surface area contributed by atoms with Crippen LogP contribution in [0.4, 0.5) is 0 Å². The first kappa shape index (κ1) is 12.2. The van der Waals surface area contributed by atoms with Crippen LogP contribution < -0.4 is 5.73 Å². The van der Waals surface area contributed by atoms with Crippen molar-refractivity contribution >= 4 is 5.91 Å². The van der Waals surface area contributed by atoms with Gasteiger partial charge in [0, 0.05) is 12.6 Å². The Kier molecular flexibility index (Phi) is 3.84. The fourth-order valence-corrected chi connectivity index (χ4v) is 2.46. The minimum atomic E-state index is 0.0833. The average molecular weight is 236 g/mol. The van der Waals surface area contributed by atoms with E-state index in [9.17, 15) is 4.79 Å². The fourth-order valence-electron chi connectivity index (χ4n) is 2.46. The number of piperidine rings is 1. The Morgan fingerprint density at radius 1 is 1.59 bits per heavy atom. The van der Waals surface area contributed by atoms with E-state index in [1.54, 1.807) is 6.07 Å². The Morgan fingerprint density at radius 2 is 2.41 bits per heavy atom.